The number of aromatic nitrogens is 7. The zero-order chi connectivity index (χ0) is 74.2. The fourth-order valence-corrected chi connectivity index (χ4v) is 14.8. The Balaban J connectivity index is 0.000000123. The first-order valence-corrected chi connectivity index (χ1v) is 34.0. The van der Waals surface area contributed by atoms with E-state index in [1.165, 1.54) is 4.80 Å². The highest BCUT2D eigenvalue weighted by Gasteiger charge is 2.53. The van der Waals surface area contributed by atoms with Crippen molar-refractivity contribution in [3.05, 3.63) is 244 Å². The maximum absolute atomic E-state index is 13.2. The monoisotopic (exact) mass is 1430 g/mol. The molecule has 12 amide bonds. The number of nitrogens with one attached hydrogen (secondary N) is 7. The number of aryl methyl sites for hydroxylation is 2. The molecule has 18 rings (SSSR count). The van der Waals surface area contributed by atoms with Crippen LogP contribution in [0.2, 0.25) is 0 Å². The molecule has 3 aromatic heterocycles. The molecule has 3 atom stereocenters. The Morgan fingerprint density at radius 1 is 0.383 bits per heavy atom. The number of fused-ring (bicyclic) bond motifs is 6. The minimum atomic E-state index is -1.41. The molecule has 0 aliphatic carbocycles. The van der Waals surface area contributed by atoms with E-state index < -0.39 is 52.4 Å². The number of imide groups is 3. The quantitative estimate of drug-likeness (QED) is 0.0475. The van der Waals surface area contributed by atoms with Gasteiger partial charge in [-0.15, -0.1) is 0 Å². The van der Waals surface area contributed by atoms with Crippen LogP contribution in [0.4, 0.5) is 14.4 Å². The third-order valence-electron chi connectivity index (χ3n) is 20.4. The molecule has 0 bridgehead atoms. The Bertz CT molecular complexity index is 5500. The van der Waals surface area contributed by atoms with E-state index in [2.05, 4.69) is 57.4 Å². The van der Waals surface area contributed by atoms with Crippen molar-refractivity contribution < 1.29 is 57.4 Å². The second-order valence-corrected chi connectivity index (χ2v) is 26.9. The Hall–Kier alpha value is -14.1. The fourth-order valence-electron chi connectivity index (χ4n) is 14.8. The van der Waals surface area contributed by atoms with Crippen molar-refractivity contribution in [2.75, 3.05) is 41.0 Å². The van der Waals surface area contributed by atoms with Crippen LogP contribution < -0.4 is 46.1 Å². The summed E-state index contributed by atoms with van der Waals surface area (Å²) in [6, 6.07) is 54.4. The van der Waals surface area contributed by atoms with Gasteiger partial charge >= 0.3 is 18.1 Å². The molecule has 6 aliphatic heterocycles. The first-order valence-electron chi connectivity index (χ1n) is 34.0. The first kappa shape index (κ1) is 67.4. The van der Waals surface area contributed by atoms with Gasteiger partial charge in [0.1, 0.15) is 28.3 Å². The van der Waals surface area contributed by atoms with Crippen LogP contribution in [0.25, 0.3) is 66.2 Å². The van der Waals surface area contributed by atoms with E-state index in [0.717, 1.165) is 82.9 Å². The summed E-state index contributed by atoms with van der Waals surface area (Å²) in [5.74, 6) is -0.356. The van der Waals surface area contributed by atoms with Gasteiger partial charge in [-0.05, 0) is 127 Å². The van der Waals surface area contributed by atoms with Crippen LogP contribution in [-0.2, 0) is 64.7 Å². The number of nitrogens with zero attached hydrogens (tertiary/aromatic N) is 9. The zero-order valence-corrected chi connectivity index (χ0v) is 58.1. The first-order chi connectivity index (χ1) is 51.7. The molecule has 7 N–H and O–H groups in total. The SMILES string of the molecule is COc1ccc2c(c1)C(=O)N(C[C@@]1(c3ccc(-c4ccc5cn(C)nc5c4)cc3)NC(=O)NC1=O)C2.COc1ccc2c(c1)C(=O)N(C[C@@]1(c3ccc(-c4ccc5cn[nH]c5c4)cc3)NC(=O)NC1=O)C2.COc1ccc2c(c1)C(=O)N(C[C@@]1(c3ccc(-c4ccc5nn(C)nc5c4)cc3)NC(=O)NC1=O)C2. The molecule has 534 valence electrons. The highest BCUT2D eigenvalue weighted by molar-refractivity contribution is 6.11. The highest BCUT2D eigenvalue weighted by atomic mass is 16.5. The van der Waals surface area contributed by atoms with E-state index in [4.69, 9.17) is 14.2 Å². The van der Waals surface area contributed by atoms with E-state index in [1.807, 2.05) is 147 Å². The predicted molar refractivity (Wildman–Crippen MR) is 390 cm³/mol. The summed E-state index contributed by atoms with van der Waals surface area (Å²) in [6.45, 7) is 1.00. The van der Waals surface area contributed by atoms with Crippen molar-refractivity contribution in [2.24, 2.45) is 14.1 Å². The minimum Gasteiger partial charge on any atom is -0.497 e. The van der Waals surface area contributed by atoms with Crippen LogP contribution in [0.1, 0.15) is 64.5 Å². The fraction of sp³-hybridized carbons (Fsp3) is 0.177. The summed E-state index contributed by atoms with van der Waals surface area (Å²) in [4.78, 5) is 122. The molecule has 9 aromatic carbocycles. The van der Waals surface area contributed by atoms with Gasteiger partial charge in [0.05, 0.1) is 58.2 Å². The molecule has 9 heterocycles. The lowest BCUT2D eigenvalue weighted by molar-refractivity contribution is -0.125. The summed E-state index contributed by atoms with van der Waals surface area (Å²) in [5, 5.41) is 37.6. The summed E-state index contributed by atoms with van der Waals surface area (Å²) < 4.78 is 17.5. The van der Waals surface area contributed by atoms with E-state index in [9.17, 15) is 43.2 Å². The molecular formula is C79H66N16O12. The smallest absolute Gasteiger partial charge is 0.322 e. The standard InChI is InChI=1S/C27H23N5O4.C26H22N6O4.C26H21N5O4/c1-31-13-19-4-3-17(11-23(19)30-31)16-5-8-20(9-6-16)27(25(34)28-26(35)29-27)15-32-14-18-7-10-21(36-2)12-22(18)24(32)33;1-31-29-21-10-6-16(11-22(21)30-31)15-3-7-18(8-4-15)26(24(34)27-25(35)28-26)14-32-13-17-5-9-19(36-2)12-20(17)23(32)33;1-35-20-9-6-18-13-31(23(32)21(18)11-20)14-26(24(33)28-25(34)29-26)19-7-4-15(5-8-19)16-2-3-17-12-27-30-22(17)10-16/h3-13H,14-15H2,1-2H3,(H2,28,29,34,35);3-12H,13-14H2,1-2H3,(H2,27,28,34,35);2-12H,13-14H2,1H3,(H,27,30)(H2,28,29,33,34)/t27-;2*26-/m000/s1. The van der Waals surface area contributed by atoms with Gasteiger partial charge in [-0.1, -0.05) is 121 Å². The van der Waals surface area contributed by atoms with Gasteiger partial charge in [-0.2, -0.15) is 25.2 Å². The Morgan fingerprint density at radius 3 is 1.14 bits per heavy atom. The van der Waals surface area contributed by atoms with Crippen LogP contribution in [0, 0.1) is 0 Å². The Labute approximate surface area is 608 Å². The number of aromatic amines is 1. The lowest BCUT2D eigenvalue weighted by Gasteiger charge is -2.31. The molecule has 0 spiro atoms. The molecule has 3 fully saturated rings. The van der Waals surface area contributed by atoms with Gasteiger partial charge in [0, 0.05) is 67.4 Å². The number of H-pyrrole nitrogens is 1. The van der Waals surface area contributed by atoms with Gasteiger partial charge in [0.2, 0.25) is 0 Å². The second-order valence-electron chi connectivity index (χ2n) is 26.9. The molecule has 6 aliphatic rings. The number of methoxy groups -OCH3 is 3. The lowest BCUT2D eigenvalue weighted by Crippen LogP contribution is -2.52. The highest BCUT2D eigenvalue weighted by Crippen LogP contribution is 2.39. The van der Waals surface area contributed by atoms with E-state index >= 15 is 0 Å². The van der Waals surface area contributed by atoms with Crippen LogP contribution in [0.3, 0.4) is 0 Å². The van der Waals surface area contributed by atoms with Crippen molar-refractivity contribution in [3.8, 4) is 50.6 Å². The normalized spacial score (nSPS) is 19.0. The number of urea groups is 3. The van der Waals surface area contributed by atoms with Crippen LogP contribution >= 0.6 is 0 Å². The van der Waals surface area contributed by atoms with E-state index in [-0.39, 0.29) is 37.4 Å². The number of rotatable bonds is 15. The van der Waals surface area contributed by atoms with Gasteiger partial charge in [0.15, 0.2) is 16.6 Å². The third kappa shape index (κ3) is 12.1. The van der Waals surface area contributed by atoms with Crippen molar-refractivity contribution in [1.29, 1.82) is 0 Å². The summed E-state index contributed by atoms with van der Waals surface area (Å²) in [7, 11) is 8.29. The van der Waals surface area contributed by atoms with Gasteiger partial charge in [0.25, 0.3) is 35.4 Å². The number of carbonyl (C=O) groups is 9. The van der Waals surface area contributed by atoms with E-state index in [0.29, 0.717) is 70.3 Å². The largest absolute Gasteiger partial charge is 0.497 e. The number of ether oxygens (including phenoxy) is 3. The maximum atomic E-state index is 13.2. The average Bonchev–Trinajstić information content (AvgIpc) is 1.63. The number of hydrogen-bond acceptors (Lipinski definition) is 16. The summed E-state index contributed by atoms with van der Waals surface area (Å²) in [6.07, 6.45) is 3.72. The number of hydrogen-bond donors (Lipinski definition) is 7. The number of carbonyl (C=O) groups excluding carboxylic acids is 9. The topological polar surface area (TPSA) is 340 Å². The van der Waals surface area contributed by atoms with Crippen molar-refractivity contribution in [1.82, 2.24) is 81.6 Å². The molecule has 0 radical (unpaired) electrons. The molecule has 28 nitrogen and oxygen atoms in total. The predicted octanol–water partition coefficient (Wildman–Crippen LogP) is 8.20. The average molecular weight is 1430 g/mol. The maximum Gasteiger partial charge on any atom is 0.322 e. The third-order valence-corrected chi connectivity index (χ3v) is 20.4. The summed E-state index contributed by atoms with van der Waals surface area (Å²) in [5.41, 5.74) is 10.8. The Morgan fingerprint density at radius 2 is 0.748 bits per heavy atom. The van der Waals surface area contributed by atoms with Crippen molar-refractivity contribution in [3.63, 3.8) is 0 Å². The summed E-state index contributed by atoms with van der Waals surface area (Å²) >= 11 is 0. The van der Waals surface area contributed by atoms with Crippen LogP contribution in [-0.4, -0.2) is 144 Å². The lowest BCUT2D eigenvalue weighted by atomic mass is 9.88. The zero-order valence-electron chi connectivity index (χ0n) is 58.1. The van der Waals surface area contributed by atoms with Crippen LogP contribution in [0.15, 0.2) is 194 Å². The van der Waals surface area contributed by atoms with Gasteiger partial charge in [-0.3, -0.25) is 54.5 Å². The van der Waals surface area contributed by atoms with Crippen molar-refractivity contribution in [2.45, 2.75) is 36.3 Å². The van der Waals surface area contributed by atoms with Gasteiger partial charge < -0.3 is 44.9 Å². The number of benzene rings is 9. The Kier molecular flexibility index (Phi) is 16.6. The van der Waals surface area contributed by atoms with E-state index in [1.54, 1.807) is 102 Å². The molecule has 28 heteroatoms. The molecule has 12 aromatic rings. The second kappa shape index (κ2) is 26.3. The van der Waals surface area contributed by atoms with Gasteiger partial charge in [-0.25, -0.2) is 14.4 Å². The molecule has 107 heavy (non-hydrogen) atoms. The molecular weight excluding hydrogens is 1360 g/mol. The van der Waals surface area contributed by atoms with Crippen molar-refractivity contribution >= 4 is 86.4 Å². The minimum absolute atomic E-state index is 0.000146. The van der Waals surface area contributed by atoms with Crippen LogP contribution in [0.5, 0.6) is 17.2 Å². The molecule has 0 unspecified atom stereocenters. The molecule has 3 saturated heterocycles. The number of amides is 12. The molecule has 0 saturated carbocycles.